The van der Waals surface area contributed by atoms with Crippen LogP contribution < -0.4 is 20.1 Å². The SMILES string of the molecule is COc1ccc(Nc2nncc(NC3CCCCCC3)n2)c(OC)c1. The number of benzene rings is 1. The highest BCUT2D eigenvalue weighted by Gasteiger charge is 2.13. The van der Waals surface area contributed by atoms with Gasteiger partial charge in [-0.1, -0.05) is 25.7 Å². The van der Waals surface area contributed by atoms with E-state index in [2.05, 4.69) is 25.8 Å². The van der Waals surface area contributed by atoms with Gasteiger partial charge in [0.1, 0.15) is 11.5 Å². The number of nitrogens with zero attached hydrogens (tertiary/aromatic N) is 3. The first-order valence-corrected chi connectivity index (χ1v) is 8.74. The summed E-state index contributed by atoms with van der Waals surface area (Å²) >= 11 is 0. The number of aromatic nitrogens is 3. The maximum atomic E-state index is 5.39. The summed E-state index contributed by atoms with van der Waals surface area (Å²) in [6.07, 6.45) is 9.21. The Balaban J connectivity index is 1.71. The van der Waals surface area contributed by atoms with E-state index in [0.717, 1.165) is 17.3 Å². The molecular formula is C18H25N5O2. The Hall–Kier alpha value is -2.57. The van der Waals surface area contributed by atoms with Gasteiger partial charge in [-0.15, -0.1) is 5.10 Å². The summed E-state index contributed by atoms with van der Waals surface area (Å²) in [5.41, 5.74) is 0.761. The van der Waals surface area contributed by atoms with Gasteiger partial charge in [-0.3, -0.25) is 0 Å². The first-order valence-electron chi connectivity index (χ1n) is 8.74. The molecule has 1 heterocycles. The lowest BCUT2D eigenvalue weighted by atomic mass is 10.1. The van der Waals surface area contributed by atoms with E-state index >= 15 is 0 Å². The molecule has 1 aliphatic rings. The fourth-order valence-electron chi connectivity index (χ4n) is 3.08. The quantitative estimate of drug-likeness (QED) is 0.773. The summed E-state index contributed by atoms with van der Waals surface area (Å²) in [5, 5.41) is 14.8. The Morgan fingerprint density at radius 1 is 1.04 bits per heavy atom. The van der Waals surface area contributed by atoms with Crippen molar-refractivity contribution in [2.45, 2.75) is 44.6 Å². The van der Waals surface area contributed by atoms with E-state index in [1.165, 1.54) is 38.5 Å². The first kappa shape index (κ1) is 17.3. The van der Waals surface area contributed by atoms with Gasteiger partial charge in [0, 0.05) is 12.1 Å². The molecule has 134 valence electrons. The van der Waals surface area contributed by atoms with Crippen LogP contribution in [0.4, 0.5) is 17.5 Å². The lowest BCUT2D eigenvalue weighted by Gasteiger charge is -2.17. The van der Waals surface area contributed by atoms with Crippen LogP contribution in [0.1, 0.15) is 38.5 Å². The Bertz CT molecular complexity index is 687. The van der Waals surface area contributed by atoms with E-state index in [0.29, 0.717) is 17.7 Å². The molecule has 1 fully saturated rings. The Morgan fingerprint density at radius 3 is 2.56 bits per heavy atom. The molecule has 0 unspecified atom stereocenters. The Labute approximate surface area is 148 Å². The van der Waals surface area contributed by atoms with Crippen molar-refractivity contribution in [1.82, 2.24) is 15.2 Å². The molecule has 0 radical (unpaired) electrons. The number of ether oxygens (including phenoxy) is 2. The zero-order chi connectivity index (χ0) is 17.5. The van der Waals surface area contributed by atoms with Crippen LogP contribution in [0.5, 0.6) is 11.5 Å². The van der Waals surface area contributed by atoms with Crippen molar-refractivity contribution in [3.8, 4) is 11.5 Å². The number of hydrogen-bond acceptors (Lipinski definition) is 7. The van der Waals surface area contributed by atoms with Gasteiger partial charge in [0.2, 0.25) is 5.95 Å². The lowest BCUT2D eigenvalue weighted by molar-refractivity contribution is 0.395. The van der Waals surface area contributed by atoms with E-state index in [1.807, 2.05) is 18.2 Å². The number of rotatable bonds is 6. The first-order chi connectivity index (χ1) is 12.3. The van der Waals surface area contributed by atoms with E-state index in [-0.39, 0.29) is 0 Å². The van der Waals surface area contributed by atoms with Crippen molar-refractivity contribution >= 4 is 17.5 Å². The molecule has 2 aromatic rings. The van der Waals surface area contributed by atoms with Crippen molar-refractivity contribution in [3.05, 3.63) is 24.4 Å². The van der Waals surface area contributed by atoms with Crippen LogP contribution in [0.25, 0.3) is 0 Å². The zero-order valence-corrected chi connectivity index (χ0v) is 14.8. The van der Waals surface area contributed by atoms with Crippen LogP contribution in [-0.2, 0) is 0 Å². The smallest absolute Gasteiger partial charge is 0.249 e. The molecule has 7 heteroatoms. The lowest BCUT2D eigenvalue weighted by Crippen LogP contribution is -2.19. The predicted molar refractivity (Wildman–Crippen MR) is 97.8 cm³/mol. The molecular weight excluding hydrogens is 318 g/mol. The van der Waals surface area contributed by atoms with E-state index in [9.17, 15) is 0 Å². The average Bonchev–Trinajstić information content (AvgIpc) is 2.91. The topological polar surface area (TPSA) is 81.2 Å². The second kappa shape index (κ2) is 8.50. The third-order valence-corrected chi connectivity index (χ3v) is 4.42. The van der Waals surface area contributed by atoms with Crippen LogP contribution in [0.15, 0.2) is 24.4 Å². The van der Waals surface area contributed by atoms with Crippen molar-refractivity contribution < 1.29 is 9.47 Å². The molecule has 0 bridgehead atoms. The largest absolute Gasteiger partial charge is 0.497 e. The van der Waals surface area contributed by atoms with Crippen molar-refractivity contribution in [1.29, 1.82) is 0 Å². The summed E-state index contributed by atoms with van der Waals surface area (Å²) in [5.74, 6) is 2.56. The summed E-state index contributed by atoms with van der Waals surface area (Å²) in [6, 6.07) is 5.99. The summed E-state index contributed by atoms with van der Waals surface area (Å²) in [7, 11) is 3.24. The number of nitrogens with one attached hydrogen (secondary N) is 2. The highest BCUT2D eigenvalue weighted by molar-refractivity contribution is 5.64. The van der Waals surface area contributed by atoms with Crippen molar-refractivity contribution in [2.24, 2.45) is 0 Å². The van der Waals surface area contributed by atoms with Gasteiger partial charge in [0.05, 0.1) is 26.1 Å². The average molecular weight is 343 g/mol. The maximum Gasteiger partial charge on any atom is 0.249 e. The standard InChI is InChI=1S/C18H25N5O2/c1-24-14-9-10-15(16(11-14)25-2)21-18-22-17(12-19-23-18)20-13-7-5-3-4-6-8-13/h9-13H,3-8H2,1-2H3,(H2,20,21,22,23). The number of anilines is 3. The second-order valence-corrected chi connectivity index (χ2v) is 6.19. The van der Waals surface area contributed by atoms with E-state index < -0.39 is 0 Å². The van der Waals surface area contributed by atoms with Gasteiger partial charge in [-0.2, -0.15) is 10.1 Å². The predicted octanol–water partition coefficient (Wildman–Crippen LogP) is 3.77. The Morgan fingerprint density at radius 2 is 1.84 bits per heavy atom. The molecule has 0 aliphatic heterocycles. The third kappa shape index (κ3) is 4.71. The molecule has 1 aromatic carbocycles. The summed E-state index contributed by atoms with van der Waals surface area (Å²) in [4.78, 5) is 4.53. The summed E-state index contributed by atoms with van der Waals surface area (Å²) in [6.45, 7) is 0. The molecule has 7 nitrogen and oxygen atoms in total. The molecule has 0 atom stereocenters. The zero-order valence-electron chi connectivity index (χ0n) is 14.8. The fourth-order valence-corrected chi connectivity index (χ4v) is 3.08. The molecule has 3 rings (SSSR count). The minimum absolute atomic E-state index is 0.432. The van der Waals surface area contributed by atoms with Gasteiger partial charge in [-0.05, 0) is 25.0 Å². The molecule has 1 saturated carbocycles. The molecule has 0 spiro atoms. The molecule has 1 aliphatic carbocycles. The maximum absolute atomic E-state index is 5.39. The van der Waals surface area contributed by atoms with Crippen LogP contribution >= 0.6 is 0 Å². The highest BCUT2D eigenvalue weighted by Crippen LogP contribution is 2.30. The van der Waals surface area contributed by atoms with Crippen molar-refractivity contribution in [2.75, 3.05) is 24.9 Å². The van der Waals surface area contributed by atoms with E-state index in [1.54, 1.807) is 20.4 Å². The fraction of sp³-hybridized carbons (Fsp3) is 0.500. The Kier molecular flexibility index (Phi) is 5.87. The monoisotopic (exact) mass is 343 g/mol. The molecule has 1 aromatic heterocycles. The van der Waals surface area contributed by atoms with Gasteiger partial charge in [0.25, 0.3) is 0 Å². The van der Waals surface area contributed by atoms with Gasteiger partial charge in [0.15, 0.2) is 5.82 Å². The molecule has 0 amide bonds. The van der Waals surface area contributed by atoms with Crippen LogP contribution in [0.3, 0.4) is 0 Å². The minimum atomic E-state index is 0.432. The summed E-state index contributed by atoms with van der Waals surface area (Å²) < 4.78 is 10.6. The van der Waals surface area contributed by atoms with Gasteiger partial charge in [-0.25, -0.2) is 0 Å². The molecule has 0 saturated heterocycles. The third-order valence-electron chi connectivity index (χ3n) is 4.42. The van der Waals surface area contributed by atoms with Gasteiger partial charge < -0.3 is 20.1 Å². The van der Waals surface area contributed by atoms with Gasteiger partial charge >= 0.3 is 0 Å². The minimum Gasteiger partial charge on any atom is -0.497 e. The highest BCUT2D eigenvalue weighted by atomic mass is 16.5. The normalized spacial score (nSPS) is 15.3. The second-order valence-electron chi connectivity index (χ2n) is 6.19. The molecule has 25 heavy (non-hydrogen) atoms. The number of methoxy groups -OCH3 is 2. The molecule has 2 N–H and O–H groups in total. The van der Waals surface area contributed by atoms with E-state index in [4.69, 9.17) is 9.47 Å². The number of hydrogen-bond donors (Lipinski definition) is 2. The van der Waals surface area contributed by atoms with Crippen LogP contribution in [-0.4, -0.2) is 35.4 Å². The van der Waals surface area contributed by atoms with Crippen molar-refractivity contribution in [3.63, 3.8) is 0 Å². The van der Waals surface area contributed by atoms with Crippen LogP contribution in [0.2, 0.25) is 0 Å². The van der Waals surface area contributed by atoms with Crippen LogP contribution in [0, 0.1) is 0 Å².